The third-order valence-corrected chi connectivity index (χ3v) is 5.74. The number of esters is 1. The van der Waals surface area contributed by atoms with Crippen LogP contribution in [0.25, 0.3) is 0 Å². The highest BCUT2D eigenvalue weighted by Crippen LogP contribution is 2.32. The maximum atomic E-state index is 13.0. The van der Waals surface area contributed by atoms with Crippen molar-refractivity contribution in [1.29, 1.82) is 0 Å². The lowest BCUT2D eigenvalue weighted by Gasteiger charge is -2.16. The van der Waals surface area contributed by atoms with E-state index in [0.717, 1.165) is 5.69 Å². The number of nitrogens with zero attached hydrogens (tertiary/aromatic N) is 2. The Morgan fingerprint density at radius 1 is 1.12 bits per heavy atom. The molecule has 1 aliphatic rings. The first-order valence-corrected chi connectivity index (χ1v) is 11.1. The average Bonchev–Trinajstić information content (AvgIpc) is 3.04. The molecule has 0 spiro atoms. The van der Waals surface area contributed by atoms with Crippen LogP contribution in [0.3, 0.4) is 0 Å². The van der Waals surface area contributed by atoms with Crippen LogP contribution in [0.2, 0.25) is 0 Å². The Hall–Kier alpha value is -3.17. The predicted octanol–water partition coefficient (Wildman–Crippen LogP) is 3.34. The van der Waals surface area contributed by atoms with Crippen molar-refractivity contribution in [3.05, 3.63) is 54.6 Å². The number of nitrogens with one attached hydrogen (secondary N) is 1. The van der Waals surface area contributed by atoms with Crippen molar-refractivity contribution in [2.24, 2.45) is 4.99 Å². The lowest BCUT2D eigenvalue weighted by atomic mass is 10.2. The maximum Gasteiger partial charge on any atom is 0.308 e. The number of benzene rings is 2. The molecule has 8 nitrogen and oxygen atoms in total. The fraction of sp³-hybridized carbons (Fsp3) is 0.304. The number of hydrogen-bond donors (Lipinski definition) is 2. The topological polar surface area (TPSA) is 108 Å². The molecule has 0 saturated carbocycles. The minimum Gasteiger partial charge on any atom is -0.427 e. The van der Waals surface area contributed by atoms with Crippen molar-refractivity contribution in [2.75, 3.05) is 18.5 Å². The van der Waals surface area contributed by atoms with Gasteiger partial charge in [-0.3, -0.25) is 19.3 Å². The lowest BCUT2D eigenvalue weighted by molar-refractivity contribution is -0.132. The molecule has 2 amide bonds. The normalized spacial score (nSPS) is 16.9. The van der Waals surface area contributed by atoms with Gasteiger partial charge in [0.25, 0.3) is 0 Å². The Balaban J connectivity index is 1.66. The van der Waals surface area contributed by atoms with Gasteiger partial charge in [-0.2, -0.15) is 0 Å². The number of carbonyl (C=O) groups is 3. The number of ether oxygens (including phenoxy) is 1. The lowest BCUT2D eigenvalue weighted by Crippen LogP contribution is -2.34. The zero-order valence-corrected chi connectivity index (χ0v) is 18.5. The molecule has 1 heterocycles. The molecular weight excluding hydrogens is 430 g/mol. The quantitative estimate of drug-likeness (QED) is 0.341. The summed E-state index contributed by atoms with van der Waals surface area (Å²) in [6.07, 6.45) is 1.23. The first-order valence-electron chi connectivity index (χ1n) is 10.3. The summed E-state index contributed by atoms with van der Waals surface area (Å²) in [6, 6.07) is 15.8. The van der Waals surface area contributed by atoms with Crippen molar-refractivity contribution < 1.29 is 24.2 Å². The molecule has 0 bridgehead atoms. The van der Waals surface area contributed by atoms with Crippen LogP contribution in [0.1, 0.15) is 26.2 Å². The fourth-order valence-corrected chi connectivity index (χ4v) is 4.26. The number of carbonyl (C=O) groups excluding carboxylic acids is 3. The second-order valence-electron chi connectivity index (χ2n) is 7.13. The molecule has 1 saturated heterocycles. The first-order chi connectivity index (χ1) is 15.5. The van der Waals surface area contributed by atoms with Crippen LogP contribution in [0.4, 0.5) is 11.4 Å². The van der Waals surface area contributed by atoms with E-state index in [2.05, 4.69) is 10.3 Å². The molecule has 2 N–H and O–H groups in total. The van der Waals surface area contributed by atoms with Gasteiger partial charge in [-0.05, 0) is 49.2 Å². The molecule has 0 radical (unpaired) electrons. The van der Waals surface area contributed by atoms with E-state index in [1.54, 1.807) is 29.2 Å². The van der Waals surface area contributed by atoms with Gasteiger partial charge in [-0.25, -0.2) is 4.99 Å². The number of aliphatic imine (C=N–C) groups is 1. The van der Waals surface area contributed by atoms with Crippen molar-refractivity contribution in [3.63, 3.8) is 0 Å². The van der Waals surface area contributed by atoms with E-state index in [1.165, 1.54) is 18.7 Å². The summed E-state index contributed by atoms with van der Waals surface area (Å²) in [5, 5.41) is 11.8. The summed E-state index contributed by atoms with van der Waals surface area (Å²) in [6.45, 7) is 1.81. The van der Waals surface area contributed by atoms with Gasteiger partial charge in [-0.15, -0.1) is 0 Å². The molecule has 0 aliphatic carbocycles. The van der Waals surface area contributed by atoms with Gasteiger partial charge in [0.05, 0.1) is 5.69 Å². The fourth-order valence-electron chi connectivity index (χ4n) is 3.08. The number of hydrogen-bond acceptors (Lipinski definition) is 7. The van der Waals surface area contributed by atoms with Crippen LogP contribution in [0.15, 0.2) is 59.6 Å². The summed E-state index contributed by atoms with van der Waals surface area (Å²) in [7, 11) is 0. The minimum atomic E-state index is -0.577. The first kappa shape index (κ1) is 23.5. The number of anilines is 1. The summed E-state index contributed by atoms with van der Waals surface area (Å²) in [5.41, 5.74) is 1.27. The van der Waals surface area contributed by atoms with Gasteiger partial charge in [0.1, 0.15) is 11.0 Å². The molecule has 2 aromatic rings. The average molecular weight is 456 g/mol. The predicted molar refractivity (Wildman–Crippen MR) is 124 cm³/mol. The maximum absolute atomic E-state index is 13.0. The smallest absolute Gasteiger partial charge is 0.308 e. The highest BCUT2D eigenvalue weighted by Gasteiger charge is 2.38. The largest absolute Gasteiger partial charge is 0.427 e. The van der Waals surface area contributed by atoms with Crippen molar-refractivity contribution in [3.8, 4) is 5.75 Å². The second kappa shape index (κ2) is 11.4. The standard InChI is InChI=1S/C23H25N3O5S/c1-16(28)31-19-11-9-18(10-12-19)24-21(29)15-20-22(30)26(13-5-6-14-27)23(32-20)25-17-7-3-2-4-8-17/h2-4,7-12,20,27H,5-6,13-15H2,1H3,(H,24,29). The molecule has 32 heavy (non-hydrogen) atoms. The molecule has 1 fully saturated rings. The number of para-hydroxylation sites is 1. The van der Waals surface area contributed by atoms with Crippen molar-refractivity contribution in [2.45, 2.75) is 31.4 Å². The van der Waals surface area contributed by atoms with E-state index < -0.39 is 11.2 Å². The molecule has 1 atom stereocenters. The second-order valence-corrected chi connectivity index (χ2v) is 8.30. The molecule has 2 aromatic carbocycles. The molecule has 1 unspecified atom stereocenters. The summed E-state index contributed by atoms with van der Waals surface area (Å²) >= 11 is 1.27. The minimum absolute atomic E-state index is 0.000489. The van der Waals surface area contributed by atoms with E-state index >= 15 is 0 Å². The van der Waals surface area contributed by atoms with E-state index in [1.807, 2.05) is 30.3 Å². The zero-order valence-electron chi connectivity index (χ0n) is 17.7. The van der Waals surface area contributed by atoms with Crippen molar-refractivity contribution in [1.82, 2.24) is 4.90 Å². The molecule has 1 aliphatic heterocycles. The van der Waals surface area contributed by atoms with Gasteiger partial charge in [0.15, 0.2) is 5.17 Å². The Morgan fingerprint density at radius 2 is 1.84 bits per heavy atom. The van der Waals surface area contributed by atoms with Crippen LogP contribution >= 0.6 is 11.8 Å². The number of amides is 2. The molecular formula is C23H25N3O5S. The van der Waals surface area contributed by atoms with Crippen LogP contribution < -0.4 is 10.1 Å². The zero-order chi connectivity index (χ0) is 22.9. The Morgan fingerprint density at radius 3 is 2.50 bits per heavy atom. The van der Waals surface area contributed by atoms with Gasteiger partial charge < -0.3 is 15.2 Å². The Labute approximate surface area is 190 Å². The Kier molecular flexibility index (Phi) is 8.41. The SMILES string of the molecule is CC(=O)Oc1ccc(NC(=O)CC2SC(=Nc3ccccc3)N(CCCCO)C2=O)cc1. The highest BCUT2D eigenvalue weighted by atomic mass is 32.2. The molecule has 3 rings (SSSR count). The van der Waals surface area contributed by atoms with Crippen LogP contribution in [0.5, 0.6) is 5.75 Å². The van der Waals surface area contributed by atoms with E-state index in [0.29, 0.717) is 36.0 Å². The van der Waals surface area contributed by atoms with Gasteiger partial charge in [-0.1, -0.05) is 30.0 Å². The van der Waals surface area contributed by atoms with Crippen LogP contribution in [-0.2, 0) is 14.4 Å². The molecule has 0 aromatic heterocycles. The number of rotatable bonds is 9. The van der Waals surface area contributed by atoms with Crippen LogP contribution in [0, 0.1) is 0 Å². The number of aliphatic hydroxyl groups excluding tert-OH is 1. The number of amidine groups is 1. The molecule has 9 heteroatoms. The van der Waals surface area contributed by atoms with E-state index in [-0.39, 0.29) is 24.8 Å². The monoisotopic (exact) mass is 455 g/mol. The summed E-state index contributed by atoms with van der Waals surface area (Å²) < 4.78 is 4.97. The van der Waals surface area contributed by atoms with Gasteiger partial charge >= 0.3 is 5.97 Å². The number of unbranched alkanes of at least 4 members (excludes halogenated alkanes) is 1. The number of thioether (sulfide) groups is 1. The Bertz CT molecular complexity index is 979. The molecule has 168 valence electrons. The van der Waals surface area contributed by atoms with Gasteiger partial charge in [0, 0.05) is 32.2 Å². The van der Waals surface area contributed by atoms with Crippen molar-refractivity contribution >= 4 is 46.1 Å². The van der Waals surface area contributed by atoms with Crippen LogP contribution in [-0.4, -0.2) is 51.4 Å². The van der Waals surface area contributed by atoms with E-state index in [9.17, 15) is 14.4 Å². The third-order valence-electron chi connectivity index (χ3n) is 4.56. The summed E-state index contributed by atoms with van der Waals surface area (Å²) in [4.78, 5) is 42.7. The summed E-state index contributed by atoms with van der Waals surface area (Å²) in [5.74, 6) is -0.497. The third kappa shape index (κ3) is 6.66. The van der Waals surface area contributed by atoms with Gasteiger partial charge in [0.2, 0.25) is 11.8 Å². The number of aliphatic hydroxyl groups is 1. The van der Waals surface area contributed by atoms with E-state index in [4.69, 9.17) is 9.84 Å². The highest BCUT2D eigenvalue weighted by molar-refractivity contribution is 8.15.